The van der Waals surface area contributed by atoms with Crippen molar-refractivity contribution < 1.29 is 19.5 Å². The quantitative estimate of drug-likeness (QED) is 0.245. The van der Waals surface area contributed by atoms with Crippen LogP contribution in [0.3, 0.4) is 0 Å². The molecule has 0 saturated carbocycles. The SMILES string of the molecule is CC1(C(=O)NN)C(=O)Nc2cc(C(=O)O)ccc21. The van der Waals surface area contributed by atoms with Crippen LogP contribution in [0.1, 0.15) is 22.8 Å². The predicted octanol–water partition coefficient (Wildman–Crippen LogP) is -0.415. The van der Waals surface area contributed by atoms with Gasteiger partial charge in [0.05, 0.1) is 5.56 Å². The molecule has 1 atom stereocenters. The fraction of sp³-hybridized carbons (Fsp3) is 0.182. The Kier molecular flexibility index (Phi) is 2.55. The number of hydrazine groups is 1. The molecule has 1 aromatic rings. The maximum absolute atomic E-state index is 11.9. The fourth-order valence-electron chi connectivity index (χ4n) is 1.96. The number of anilines is 1. The minimum atomic E-state index is -1.44. The van der Waals surface area contributed by atoms with Gasteiger partial charge < -0.3 is 10.4 Å². The van der Waals surface area contributed by atoms with Crippen LogP contribution < -0.4 is 16.6 Å². The van der Waals surface area contributed by atoms with E-state index in [0.29, 0.717) is 11.3 Å². The van der Waals surface area contributed by atoms with E-state index in [2.05, 4.69) is 5.32 Å². The van der Waals surface area contributed by atoms with Crippen LogP contribution in [-0.2, 0) is 15.0 Å². The molecule has 0 saturated heterocycles. The highest BCUT2D eigenvalue weighted by Crippen LogP contribution is 2.38. The zero-order valence-electron chi connectivity index (χ0n) is 9.48. The molecule has 18 heavy (non-hydrogen) atoms. The van der Waals surface area contributed by atoms with Crippen molar-refractivity contribution in [3.8, 4) is 0 Å². The van der Waals surface area contributed by atoms with Crippen LogP contribution in [0.15, 0.2) is 18.2 Å². The molecule has 0 aromatic heterocycles. The lowest BCUT2D eigenvalue weighted by Gasteiger charge is -2.19. The summed E-state index contributed by atoms with van der Waals surface area (Å²) in [6, 6.07) is 4.08. The third-order valence-electron chi connectivity index (χ3n) is 3.09. The van der Waals surface area contributed by atoms with Crippen molar-refractivity contribution in [3.05, 3.63) is 29.3 Å². The first kappa shape index (κ1) is 12.1. The van der Waals surface area contributed by atoms with E-state index in [4.69, 9.17) is 10.9 Å². The molecule has 2 amide bonds. The largest absolute Gasteiger partial charge is 0.478 e. The second-order valence-electron chi connectivity index (χ2n) is 4.12. The van der Waals surface area contributed by atoms with Gasteiger partial charge in [-0.3, -0.25) is 15.0 Å². The van der Waals surface area contributed by atoms with Gasteiger partial charge in [0.25, 0.3) is 5.91 Å². The van der Waals surface area contributed by atoms with Crippen molar-refractivity contribution in [2.24, 2.45) is 5.84 Å². The lowest BCUT2D eigenvalue weighted by atomic mass is 9.82. The molecule has 2 rings (SSSR count). The van der Waals surface area contributed by atoms with E-state index in [1.54, 1.807) is 0 Å². The van der Waals surface area contributed by atoms with Crippen LogP contribution in [0.2, 0.25) is 0 Å². The molecule has 1 aliphatic heterocycles. The van der Waals surface area contributed by atoms with E-state index >= 15 is 0 Å². The first-order valence-corrected chi connectivity index (χ1v) is 5.11. The van der Waals surface area contributed by atoms with Crippen molar-refractivity contribution >= 4 is 23.5 Å². The third kappa shape index (κ3) is 1.45. The van der Waals surface area contributed by atoms with Crippen LogP contribution in [0.25, 0.3) is 0 Å². The van der Waals surface area contributed by atoms with Crippen LogP contribution >= 0.6 is 0 Å². The molecule has 1 aromatic carbocycles. The Hall–Kier alpha value is -2.41. The highest BCUT2D eigenvalue weighted by Gasteiger charge is 2.48. The van der Waals surface area contributed by atoms with Gasteiger partial charge in [0.1, 0.15) is 0 Å². The Morgan fingerprint density at radius 2 is 2.11 bits per heavy atom. The Morgan fingerprint density at radius 1 is 1.44 bits per heavy atom. The van der Waals surface area contributed by atoms with E-state index in [-0.39, 0.29) is 5.56 Å². The van der Waals surface area contributed by atoms with E-state index < -0.39 is 23.2 Å². The Labute approximate surface area is 102 Å². The standard InChI is InChI=1S/C11H11N3O4/c1-11(10(18)14-12)6-3-2-5(8(15)16)4-7(6)13-9(11)17/h2-4H,12H2,1H3,(H,13,17)(H,14,18)(H,15,16). The topological polar surface area (TPSA) is 122 Å². The molecule has 94 valence electrons. The molecule has 0 bridgehead atoms. The second-order valence-corrected chi connectivity index (χ2v) is 4.12. The second kappa shape index (κ2) is 3.81. The first-order chi connectivity index (χ1) is 8.41. The summed E-state index contributed by atoms with van der Waals surface area (Å²) in [4.78, 5) is 34.4. The lowest BCUT2D eigenvalue weighted by Crippen LogP contribution is -2.49. The van der Waals surface area contributed by atoms with Crippen LogP contribution in [0.4, 0.5) is 5.69 Å². The van der Waals surface area contributed by atoms with Crippen molar-refractivity contribution in [1.82, 2.24) is 5.43 Å². The van der Waals surface area contributed by atoms with Gasteiger partial charge in [-0.2, -0.15) is 0 Å². The molecule has 1 unspecified atom stereocenters. The number of benzene rings is 1. The summed E-state index contributed by atoms with van der Waals surface area (Å²) < 4.78 is 0. The van der Waals surface area contributed by atoms with Crippen molar-refractivity contribution in [2.75, 3.05) is 5.32 Å². The summed E-state index contributed by atoms with van der Waals surface area (Å²) >= 11 is 0. The van der Waals surface area contributed by atoms with E-state index in [0.717, 1.165) is 0 Å². The molecule has 0 aliphatic carbocycles. The van der Waals surface area contributed by atoms with Crippen LogP contribution in [0.5, 0.6) is 0 Å². The van der Waals surface area contributed by atoms with Gasteiger partial charge in [-0.15, -0.1) is 0 Å². The Morgan fingerprint density at radius 3 is 2.67 bits per heavy atom. The van der Waals surface area contributed by atoms with Gasteiger partial charge in [0, 0.05) is 11.3 Å². The highest BCUT2D eigenvalue weighted by atomic mass is 16.4. The third-order valence-corrected chi connectivity index (χ3v) is 3.09. The monoisotopic (exact) mass is 249 g/mol. The molecule has 5 N–H and O–H groups in total. The van der Waals surface area contributed by atoms with Crippen molar-refractivity contribution in [1.29, 1.82) is 0 Å². The predicted molar refractivity (Wildman–Crippen MR) is 61.7 cm³/mol. The number of aromatic carboxylic acids is 1. The van der Waals surface area contributed by atoms with Crippen LogP contribution in [-0.4, -0.2) is 22.9 Å². The summed E-state index contributed by atoms with van der Waals surface area (Å²) in [6.07, 6.45) is 0. The van der Waals surface area contributed by atoms with Crippen molar-refractivity contribution in [2.45, 2.75) is 12.3 Å². The van der Waals surface area contributed by atoms with Gasteiger partial charge in [-0.05, 0) is 19.1 Å². The number of carbonyl (C=O) groups is 3. The number of carboxylic acids is 1. The summed E-state index contributed by atoms with van der Waals surface area (Å²) in [5.74, 6) is 2.76. The molecule has 7 heteroatoms. The van der Waals surface area contributed by atoms with E-state index in [1.165, 1.54) is 25.1 Å². The minimum Gasteiger partial charge on any atom is -0.478 e. The normalized spacial score (nSPS) is 21.1. The van der Waals surface area contributed by atoms with Crippen molar-refractivity contribution in [3.63, 3.8) is 0 Å². The Balaban J connectivity index is 2.57. The number of hydrogen-bond acceptors (Lipinski definition) is 4. The van der Waals surface area contributed by atoms with Gasteiger partial charge in [0.2, 0.25) is 5.91 Å². The number of amides is 2. The van der Waals surface area contributed by atoms with Crippen LogP contribution in [0, 0.1) is 0 Å². The maximum atomic E-state index is 11.9. The first-order valence-electron chi connectivity index (χ1n) is 5.11. The number of rotatable bonds is 2. The number of fused-ring (bicyclic) bond motifs is 1. The number of nitrogens with two attached hydrogens (primary N) is 1. The number of carboxylic acid groups (broad SMARTS) is 1. The summed E-state index contributed by atoms with van der Waals surface area (Å²) in [7, 11) is 0. The summed E-state index contributed by atoms with van der Waals surface area (Å²) in [5.41, 5.74) is 1.24. The minimum absolute atomic E-state index is 0.0338. The molecule has 0 spiro atoms. The van der Waals surface area contributed by atoms with Gasteiger partial charge in [0.15, 0.2) is 5.41 Å². The smallest absolute Gasteiger partial charge is 0.335 e. The molecule has 1 aliphatic rings. The van der Waals surface area contributed by atoms with E-state index in [1.807, 2.05) is 5.43 Å². The molecular formula is C11H11N3O4. The zero-order valence-corrected chi connectivity index (χ0v) is 9.48. The van der Waals surface area contributed by atoms with Gasteiger partial charge in [-0.1, -0.05) is 6.07 Å². The number of carbonyl (C=O) groups excluding carboxylic acids is 2. The summed E-state index contributed by atoms with van der Waals surface area (Å²) in [6.45, 7) is 1.43. The Bertz CT molecular complexity index is 569. The number of hydrogen-bond donors (Lipinski definition) is 4. The fourth-order valence-corrected chi connectivity index (χ4v) is 1.96. The lowest BCUT2D eigenvalue weighted by molar-refractivity contribution is -0.133. The van der Waals surface area contributed by atoms with Gasteiger partial charge >= 0.3 is 5.97 Å². The molecular weight excluding hydrogens is 238 g/mol. The molecule has 0 fully saturated rings. The molecule has 7 nitrogen and oxygen atoms in total. The number of nitrogens with one attached hydrogen (secondary N) is 2. The summed E-state index contributed by atoms with van der Waals surface area (Å²) in [5, 5.41) is 11.3. The van der Waals surface area contributed by atoms with E-state index in [9.17, 15) is 14.4 Å². The zero-order chi connectivity index (χ0) is 13.5. The molecule has 1 heterocycles. The average molecular weight is 249 g/mol. The highest BCUT2D eigenvalue weighted by molar-refractivity contribution is 6.20. The van der Waals surface area contributed by atoms with Gasteiger partial charge in [-0.25, -0.2) is 10.6 Å². The maximum Gasteiger partial charge on any atom is 0.335 e. The average Bonchev–Trinajstić information content (AvgIpc) is 2.61. The molecule has 0 radical (unpaired) electrons.